The van der Waals surface area contributed by atoms with E-state index in [2.05, 4.69) is 16.6 Å². The summed E-state index contributed by atoms with van der Waals surface area (Å²) in [6.45, 7) is 2.72. The standard InChI is InChI=1S/C9H14N2O5/c1-3-4-11(6-7(12)13)9(15)10-5-8(14)16-2/h3H,1,4-6H2,2H3,(H,10,15)(H,12,13). The molecular formula is C9H14N2O5. The number of amides is 2. The number of carboxylic acids is 1. The van der Waals surface area contributed by atoms with Gasteiger partial charge >= 0.3 is 18.0 Å². The predicted octanol–water partition coefficient (Wildman–Crippen LogP) is -0.558. The maximum Gasteiger partial charge on any atom is 0.325 e. The summed E-state index contributed by atoms with van der Waals surface area (Å²) < 4.78 is 4.31. The van der Waals surface area contributed by atoms with Gasteiger partial charge in [0.15, 0.2) is 0 Å². The van der Waals surface area contributed by atoms with Gasteiger partial charge in [-0.05, 0) is 0 Å². The molecule has 0 aromatic heterocycles. The molecule has 0 rings (SSSR count). The van der Waals surface area contributed by atoms with Gasteiger partial charge in [0, 0.05) is 6.54 Å². The molecule has 0 radical (unpaired) electrons. The van der Waals surface area contributed by atoms with Crippen molar-refractivity contribution in [3.05, 3.63) is 12.7 Å². The number of aliphatic carboxylic acids is 1. The molecule has 0 saturated heterocycles. The molecule has 7 heteroatoms. The number of nitrogens with zero attached hydrogens (tertiary/aromatic N) is 1. The van der Waals surface area contributed by atoms with Gasteiger partial charge in [0.25, 0.3) is 0 Å². The van der Waals surface area contributed by atoms with E-state index in [0.29, 0.717) is 0 Å². The van der Waals surface area contributed by atoms with E-state index < -0.39 is 24.5 Å². The van der Waals surface area contributed by atoms with Crippen molar-refractivity contribution in [2.24, 2.45) is 0 Å². The van der Waals surface area contributed by atoms with Crippen molar-refractivity contribution in [1.29, 1.82) is 0 Å². The summed E-state index contributed by atoms with van der Waals surface area (Å²) in [5.41, 5.74) is 0. The van der Waals surface area contributed by atoms with E-state index in [4.69, 9.17) is 5.11 Å². The SMILES string of the molecule is C=CCN(CC(=O)O)C(=O)NCC(=O)OC. The highest BCUT2D eigenvalue weighted by Gasteiger charge is 2.15. The minimum Gasteiger partial charge on any atom is -0.480 e. The van der Waals surface area contributed by atoms with Crippen molar-refractivity contribution in [1.82, 2.24) is 10.2 Å². The van der Waals surface area contributed by atoms with Crippen LogP contribution in [0.25, 0.3) is 0 Å². The fourth-order valence-electron chi connectivity index (χ4n) is 0.870. The van der Waals surface area contributed by atoms with Gasteiger partial charge in [-0.25, -0.2) is 4.79 Å². The highest BCUT2D eigenvalue weighted by molar-refractivity contribution is 5.83. The first-order valence-electron chi connectivity index (χ1n) is 4.43. The van der Waals surface area contributed by atoms with Gasteiger partial charge in [-0.3, -0.25) is 9.59 Å². The number of esters is 1. The summed E-state index contributed by atoms with van der Waals surface area (Å²) in [4.78, 5) is 33.5. The van der Waals surface area contributed by atoms with Crippen LogP contribution in [-0.4, -0.2) is 54.7 Å². The van der Waals surface area contributed by atoms with Crippen LogP contribution in [-0.2, 0) is 14.3 Å². The summed E-state index contributed by atoms with van der Waals surface area (Å²) in [5, 5.41) is 10.8. The minimum atomic E-state index is -1.14. The minimum absolute atomic E-state index is 0.0826. The Hall–Kier alpha value is -2.05. The zero-order valence-corrected chi connectivity index (χ0v) is 8.93. The summed E-state index contributed by atoms with van der Waals surface area (Å²) in [6, 6.07) is -0.660. The molecule has 0 bridgehead atoms. The van der Waals surface area contributed by atoms with Crippen LogP contribution in [0.1, 0.15) is 0 Å². The van der Waals surface area contributed by atoms with E-state index in [1.807, 2.05) is 0 Å². The van der Waals surface area contributed by atoms with Gasteiger partial charge in [-0.15, -0.1) is 6.58 Å². The van der Waals surface area contributed by atoms with Crippen LogP contribution < -0.4 is 5.32 Å². The second kappa shape index (κ2) is 7.27. The summed E-state index contributed by atoms with van der Waals surface area (Å²) in [5.74, 6) is -1.75. The maximum atomic E-state index is 11.4. The van der Waals surface area contributed by atoms with Crippen molar-refractivity contribution >= 4 is 18.0 Å². The van der Waals surface area contributed by atoms with E-state index in [9.17, 15) is 14.4 Å². The Bertz CT molecular complexity index is 290. The van der Waals surface area contributed by atoms with E-state index in [0.717, 1.165) is 4.90 Å². The van der Waals surface area contributed by atoms with Gasteiger partial charge in [0.05, 0.1) is 7.11 Å². The molecule has 0 unspecified atom stereocenters. The lowest BCUT2D eigenvalue weighted by Crippen LogP contribution is -2.44. The topological polar surface area (TPSA) is 95.9 Å². The Morgan fingerprint density at radius 2 is 2.12 bits per heavy atom. The van der Waals surface area contributed by atoms with Crippen molar-refractivity contribution in [3.8, 4) is 0 Å². The number of carboxylic acid groups (broad SMARTS) is 1. The number of carbonyl (C=O) groups excluding carboxylic acids is 2. The molecule has 0 fully saturated rings. The van der Waals surface area contributed by atoms with Crippen molar-refractivity contribution in [3.63, 3.8) is 0 Å². The molecule has 2 amide bonds. The average molecular weight is 230 g/mol. The summed E-state index contributed by atoms with van der Waals surface area (Å²) in [6.07, 6.45) is 1.39. The number of hydrogen-bond donors (Lipinski definition) is 2. The Kier molecular flexibility index (Phi) is 6.34. The number of carbonyl (C=O) groups is 3. The highest BCUT2D eigenvalue weighted by Crippen LogP contribution is 1.90. The lowest BCUT2D eigenvalue weighted by atomic mass is 10.4. The smallest absolute Gasteiger partial charge is 0.325 e. The number of hydrogen-bond acceptors (Lipinski definition) is 4. The monoisotopic (exact) mass is 230 g/mol. The van der Waals surface area contributed by atoms with Gasteiger partial charge in [-0.1, -0.05) is 6.08 Å². The van der Waals surface area contributed by atoms with Crippen LogP contribution >= 0.6 is 0 Å². The van der Waals surface area contributed by atoms with Gasteiger partial charge in [-0.2, -0.15) is 0 Å². The van der Waals surface area contributed by atoms with E-state index in [-0.39, 0.29) is 13.1 Å². The van der Waals surface area contributed by atoms with Gasteiger partial charge in [0.2, 0.25) is 0 Å². The highest BCUT2D eigenvalue weighted by atomic mass is 16.5. The molecule has 2 N–H and O–H groups in total. The first-order valence-corrected chi connectivity index (χ1v) is 4.43. The normalized spacial score (nSPS) is 9.06. The lowest BCUT2D eigenvalue weighted by molar-refractivity contribution is -0.139. The zero-order valence-electron chi connectivity index (χ0n) is 8.93. The van der Waals surface area contributed by atoms with Crippen LogP contribution in [0.15, 0.2) is 12.7 Å². The summed E-state index contributed by atoms with van der Waals surface area (Å²) in [7, 11) is 1.19. The molecule has 90 valence electrons. The van der Waals surface area contributed by atoms with Crippen molar-refractivity contribution in [2.75, 3.05) is 26.7 Å². The molecule has 0 heterocycles. The molecule has 0 aliphatic carbocycles. The number of nitrogens with one attached hydrogen (secondary N) is 1. The molecule has 0 aromatic rings. The van der Waals surface area contributed by atoms with Crippen LogP contribution in [0, 0.1) is 0 Å². The fourth-order valence-corrected chi connectivity index (χ4v) is 0.870. The molecule has 16 heavy (non-hydrogen) atoms. The molecule has 0 spiro atoms. The second-order valence-electron chi connectivity index (χ2n) is 2.80. The first-order chi connectivity index (χ1) is 7.51. The Labute approximate surface area is 92.7 Å². The maximum absolute atomic E-state index is 11.4. The van der Waals surface area contributed by atoms with E-state index >= 15 is 0 Å². The van der Waals surface area contributed by atoms with Crippen LogP contribution in [0.2, 0.25) is 0 Å². The third-order valence-corrected chi connectivity index (χ3v) is 1.57. The second-order valence-corrected chi connectivity index (χ2v) is 2.80. The van der Waals surface area contributed by atoms with E-state index in [1.165, 1.54) is 13.2 Å². The average Bonchev–Trinajstić information content (AvgIpc) is 2.24. The summed E-state index contributed by atoms with van der Waals surface area (Å²) >= 11 is 0. The molecular weight excluding hydrogens is 216 g/mol. The van der Waals surface area contributed by atoms with Gasteiger partial charge < -0.3 is 20.1 Å². The van der Waals surface area contributed by atoms with Crippen molar-refractivity contribution < 1.29 is 24.2 Å². The molecule has 0 aromatic carbocycles. The van der Waals surface area contributed by atoms with Crippen LogP contribution in [0.3, 0.4) is 0 Å². The molecule has 0 atom stereocenters. The zero-order chi connectivity index (χ0) is 12.6. The third-order valence-electron chi connectivity index (χ3n) is 1.57. The molecule has 7 nitrogen and oxygen atoms in total. The number of urea groups is 1. The quantitative estimate of drug-likeness (QED) is 0.471. The first kappa shape index (κ1) is 13.9. The molecule has 0 aliphatic rings. The Morgan fingerprint density at radius 3 is 2.56 bits per heavy atom. The number of rotatable bonds is 6. The molecule has 0 saturated carbocycles. The Balaban J connectivity index is 4.21. The predicted molar refractivity (Wildman–Crippen MR) is 54.8 cm³/mol. The van der Waals surface area contributed by atoms with Crippen LogP contribution in [0.5, 0.6) is 0 Å². The third kappa shape index (κ3) is 5.63. The van der Waals surface area contributed by atoms with Crippen molar-refractivity contribution in [2.45, 2.75) is 0 Å². The van der Waals surface area contributed by atoms with E-state index in [1.54, 1.807) is 0 Å². The Morgan fingerprint density at radius 1 is 1.50 bits per heavy atom. The number of methoxy groups -OCH3 is 1. The largest absolute Gasteiger partial charge is 0.480 e. The van der Waals surface area contributed by atoms with Crippen LogP contribution in [0.4, 0.5) is 4.79 Å². The fraction of sp³-hybridized carbons (Fsp3) is 0.444. The van der Waals surface area contributed by atoms with Gasteiger partial charge in [0.1, 0.15) is 13.1 Å². The number of ether oxygens (including phenoxy) is 1. The molecule has 0 aliphatic heterocycles. The lowest BCUT2D eigenvalue weighted by Gasteiger charge is -2.18.